The van der Waals surface area contributed by atoms with Gasteiger partial charge >= 0.3 is 0 Å². The van der Waals surface area contributed by atoms with Crippen LogP contribution in [-0.4, -0.2) is 9.78 Å². The van der Waals surface area contributed by atoms with Crippen molar-refractivity contribution in [2.24, 2.45) is 7.05 Å². The summed E-state index contributed by atoms with van der Waals surface area (Å²) in [7, 11) is 1.93. The van der Waals surface area contributed by atoms with Gasteiger partial charge in [0.2, 0.25) is 0 Å². The molecule has 84 valence electrons. The Morgan fingerprint density at radius 2 is 1.82 bits per heavy atom. The van der Waals surface area contributed by atoms with Gasteiger partial charge in [0.1, 0.15) is 0 Å². The molecular formula is C14H13N3. The molecule has 0 bridgehead atoms. The van der Waals surface area contributed by atoms with E-state index in [4.69, 9.17) is 0 Å². The van der Waals surface area contributed by atoms with Crippen molar-refractivity contribution in [3.63, 3.8) is 0 Å². The van der Waals surface area contributed by atoms with Crippen LogP contribution in [0.2, 0.25) is 0 Å². The first kappa shape index (κ1) is 9.90. The molecule has 2 aromatic carbocycles. The third-order valence-corrected chi connectivity index (χ3v) is 2.68. The Balaban J connectivity index is 1.95. The highest BCUT2D eigenvalue weighted by molar-refractivity contribution is 5.83. The molecule has 0 unspecified atom stereocenters. The van der Waals surface area contributed by atoms with Crippen LogP contribution < -0.4 is 5.32 Å². The Kier molecular flexibility index (Phi) is 2.29. The number of hydrogen-bond acceptors (Lipinski definition) is 2. The lowest BCUT2D eigenvalue weighted by atomic mass is 10.2. The zero-order chi connectivity index (χ0) is 11.7. The van der Waals surface area contributed by atoms with Gasteiger partial charge in [-0.05, 0) is 30.3 Å². The van der Waals surface area contributed by atoms with Crippen molar-refractivity contribution in [1.82, 2.24) is 9.78 Å². The van der Waals surface area contributed by atoms with Crippen molar-refractivity contribution in [3.05, 3.63) is 54.7 Å². The van der Waals surface area contributed by atoms with Gasteiger partial charge in [0.05, 0.1) is 5.52 Å². The Bertz CT molecular complexity index is 641. The molecule has 17 heavy (non-hydrogen) atoms. The number of fused-ring (bicyclic) bond motifs is 1. The molecule has 0 aliphatic rings. The van der Waals surface area contributed by atoms with E-state index in [9.17, 15) is 0 Å². The number of benzene rings is 2. The number of anilines is 2. The summed E-state index contributed by atoms with van der Waals surface area (Å²) in [6, 6.07) is 16.3. The molecule has 0 amide bonds. The molecule has 0 aliphatic heterocycles. The van der Waals surface area contributed by atoms with Crippen molar-refractivity contribution in [3.8, 4) is 0 Å². The molecule has 0 fully saturated rings. The predicted molar refractivity (Wildman–Crippen MR) is 70.4 cm³/mol. The van der Waals surface area contributed by atoms with Gasteiger partial charge in [-0.2, -0.15) is 5.10 Å². The summed E-state index contributed by atoms with van der Waals surface area (Å²) in [6.45, 7) is 0. The van der Waals surface area contributed by atoms with Crippen LogP contribution in [0, 0.1) is 0 Å². The smallest absolute Gasteiger partial charge is 0.0924 e. The molecule has 0 spiro atoms. The van der Waals surface area contributed by atoms with Gasteiger partial charge in [-0.3, -0.25) is 4.68 Å². The first-order valence-electron chi connectivity index (χ1n) is 5.57. The third kappa shape index (κ3) is 1.99. The molecular weight excluding hydrogens is 210 g/mol. The SMILES string of the molecule is Cn1cc2cc(Nc3ccccc3)ccc2n1. The largest absolute Gasteiger partial charge is 0.356 e. The van der Waals surface area contributed by atoms with Crippen molar-refractivity contribution >= 4 is 22.3 Å². The van der Waals surface area contributed by atoms with E-state index >= 15 is 0 Å². The van der Waals surface area contributed by atoms with Crippen LogP contribution in [0.4, 0.5) is 11.4 Å². The third-order valence-electron chi connectivity index (χ3n) is 2.68. The van der Waals surface area contributed by atoms with E-state index in [1.807, 2.05) is 60.4 Å². The van der Waals surface area contributed by atoms with Gasteiger partial charge in [0, 0.05) is 30.0 Å². The molecule has 0 radical (unpaired) electrons. The molecule has 3 nitrogen and oxygen atoms in total. The molecule has 3 rings (SSSR count). The molecule has 3 heteroatoms. The van der Waals surface area contributed by atoms with Gasteiger partial charge in [-0.1, -0.05) is 18.2 Å². The van der Waals surface area contributed by atoms with Gasteiger partial charge in [0.25, 0.3) is 0 Å². The van der Waals surface area contributed by atoms with Crippen LogP contribution in [-0.2, 0) is 7.05 Å². The fourth-order valence-electron chi connectivity index (χ4n) is 1.91. The minimum atomic E-state index is 1.02. The monoisotopic (exact) mass is 223 g/mol. The molecule has 0 saturated carbocycles. The van der Waals surface area contributed by atoms with Crippen molar-refractivity contribution < 1.29 is 0 Å². The van der Waals surface area contributed by atoms with Crippen LogP contribution in [0.1, 0.15) is 0 Å². The van der Waals surface area contributed by atoms with Crippen LogP contribution >= 0.6 is 0 Å². The van der Waals surface area contributed by atoms with Crippen molar-refractivity contribution in [1.29, 1.82) is 0 Å². The average Bonchev–Trinajstić information content (AvgIpc) is 2.70. The average molecular weight is 223 g/mol. The summed E-state index contributed by atoms with van der Waals surface area (Å²) in [5, 5.41) is 8.87. The zero-order valence-electron chi connectivity index (χ0n) is 9.59. The maximum absolute atomic E-state index is 4.35. The van der Waals surface area contributed by atoms with E-state index in [1.54, 1.807) is 0 Å². The summed E-state index contributed by atoms with van der Waals surface area (Å²) < 4.78 is 1.83. The van der Waals surface area contributed by atoms with E-state index < -0.39 is 0 Å². The summed E-state index contributed by atoms with van der Waals surface area (Å²) >= 11 is 0. The number of hydrogen-bond donors (Lipinski definition) is 1. The zero-order valence-corrected chi connectivity index (χ0v) is 9.59. The first-order valence-corrected chi connectivity index (χ1v) is 5.57. The highest BCUT2D eigenvalue weighted by Crippen LogP contribution is 2.21. The van der Waals surface area contributed by atoms with Crippen LogP contribution in [0.3, 0.4) is 0 Å². The van der Waals surface area contributed by atoms with Crippen molar-refractivity contribution in [2.45, 2.75) is 0 Å². The Hall–Kier alpha value is -2.29. The summed E-state index contributed by atoms with van der Waals surface area (Å²) in [4.78, 5) is 0. The molecule has 0 saturated heterocycles. The number of nitrogens with zero attached hydrogens (tertiary/aromatic N) is 2. The quantitative estimate of drug-likeness (QED) is 0.722. The summed E-state index contributed by atoms with van der Waals surface area (Å²) in [5.74, 6) is 0. The van der Waals surface area contributed by atoms with Crippen LogP contribution in [0.15, 0.2) is 54.7 Å². The second kappa shape index (κ2) is 3.94. The highest BCUT2D eigenvalue weighted by atomic mass is 15.2. The van der Waals surface area contributed by atoms with Crippen LogP contribution in [0.5, 0.6) is 0 Å². The number of rotatable bonds is 2. The lowest BCUT2D eigenvalue weighted by molar-refractivity contribution is 0.780. The second-order valence-electron chi connectivity index (χ2n) is 4.07. The fraction of sp³-hybridized carbons (Fsp3) is 0.0714. The predicted octanol–water partition coefficient (Wildman–Crippen LogP) is 3.32. The summed E-state index contributed by atoms with van der Waals surface area (Å²) in [5.41, 5.74) is 3.19. The molecule has 1 aromatic heterocycles. The molecule has 3 aromatic rings. The lowest BCUT2D eigenvalue weighted by Crippen LogP contribution is -1.88. The molecule has 0 aliphatic carbocycles. The molecule has 0 atom stereocenters. The van der Waals surface area contributed by atoms with Crippen molar-refractivity contribution in [2.75, 3.05) is 5.32 Å². The van der Waals surface area contributed by atoms with Gasteiger partial charge in [-0.15, -0.1) is 0 Å². The lowest BCUT2D eigenvalue weighted by Gasteiger charge is -2.05. The number of aromatic nitrogens is 2. The maximum atomic E-state index is 4.35. The highest BCUT2D eigenvalue weighted by Gasteiger charge is 2.00. The number of aryl methyl sites for hydroxylation is 1. The fourth-order valence-corrected chi connectivity index (χ4v) is 1.91. The maximum Gasteiger partial charge on any atom is 0.0924 e. The standard InChI is InChI=1S/C14H13N3/c1-17-10-11-9-13(7-8-14(11)16-17)15-12-5-3-2-4-6-12/h2-10,15H,1H3. The van der Waals surface area contributed by atoms with E-state index in [1.165, 1.54) is 0 Å². The van der Waals surface area contributed by atoms with E-state index in [2.05, 4.69) is 16.5 Å². The molecule has 1 heterocycles. The summed E-state index contributed by atoms with van der Waals surface area (Å²) in [6.07, 6.45) is 2.02. The minimum Gasteiger partial charge on any atom is -0.356 e. The topological polar surface area (TPSA) is 29.9 Å². The Morgan fingerprint density at radius 1 is 1.00 bits per heavy atom. The second-order valence-corrected chi connectivity index (χ2v) is 4.07. The van der Waals surface area contributed by atoms with Gasteiger partial charge in [0.15, 0.2) is 0 Å². The van der Waals surface area contributed by atoms with E-state index in [0.717, 1.165) is 22.3 Å². The van der Waals surface area contributed by atoms with Gasteiger partial charge in [-0.25, -0.2) is 0 Å². The van der Waals surface area contributed by atoms with E-state index in [-0.39, 0.29) is 0 Å². The number of nitrogens with one attached hydrogen (secondary N) is 1. The Morgan fingerprint density at radius 3 is 2.65 bits per heavy atom. The first-order chi connectivity index (χ1) is 8.31. The van der Waals surface area contributed by atoms with E-state index in [0.29, 0.717) is 0 Å². The normalized spacial score (nSPS) is 10.6. The Labute approximate surface area is 99.7 Å². The molecule has 1 N–H and O–H groups in total. The van der Waals surface area contributed by atoms with Gasteiger partial charge < -0.3 is 5.32 Å². The number of para-hydroxylation sites is 1. The van der Waals surface area contributed by atoms with Crippen LogP contribution in [0.25, 0.3) is 10.9 Å². The minimum absolute atomic E-state index is 1.02.